The van der Waals surface area contributed by atoms with Gasteiger partial charge in [0, 0.05) is 29.3 Å². The molecule has 3 N–H and O–H groups in total. The summed E-state index contributed by atoms with van der Waals surface area (Å²) in [5.74, 6) is 1.05. The molecule has 1 aliphatic rings. The van der Waals surface area contributed by atoms with E-state index in [9.17, 15) is 5.26 Å². The van der Waals surface area contributed by atoms with Crippen LogP contribution < -0.4 is 11.1 Å². The van der Waals surface area contributed by atoms with E-state index in [1.807, 2.05) is 54.5 Å². The van der Waals surface area contributed by atoms with Crippen LogP contribution in [-0.4, -0.2) is 19.7 Å². The second-order valence-electron chi connectivity index (χ2n) is 7.66. The number of anilines is 3. The van der Waals surface area contributed by atoms with Crippen molar-refractivity contribution in [2.75, 3.05) is 11.1 Å². The summed E-state index contributed by atoms with van der Waals surface area (Å²) in [6, 6.07) is 9.92. The van der Waals surface area contributed by atoms with Crippen LogP contribution in [0.2, 0.25) is 0 Å². The lowest BCUT2D eigenvalue weighted by molar-refractivity contribution is 0.315. The minimum Gasteiger partial charge on any atom is -0.399 e. The van der Waals surface area contributed by atoms with Crippen LogP contribution in [0.15, 0.2) is 42.9 Å². The summed E-state index contributed by atoms with van der Waals surface area (Å²) in [6.07, 6.45) is 11.0. The average molecular weight is 387 g/mol. The zero-order chi connectivity index (χ0) is 20.2. The predicted octanol–water partition coefficient (Wildman–Crippen LogP) is 4.62. The Kier molecular flexibility index (Phi) is 5.43. The standard InChI is InChI=1S/C22H25N7/c1-15-12-25-22(27-19-8-6-18(24)7-9-19)28-21(15)17-13-26-29(14-17)20(10-11-23)16-4-2-3-5-16/h6-9,12-14,16,20H,2-5,10,24H2,1H3,(H,25,27,28). The molecular weight excluding hydrogens is 362 g/mol. The first-order valence-corrected chi connectivity index (χ1v) is 10.0. The van der Waals surface area contributed by atoms with Gasteiger partial charge < -0.3 is 11.1 Å². The molecule has 1 unspecified atom stereocenters. The van der Waals surface area contributed by atoms with E-state index in [0.717, 1.165) is 22.5 Å². The second-order valence-corrected chi connectivity index (χ2v) is 7.66. The summed E-state index contributed by atoms with van der Waals surface area (Å²) < 4.78 is 1.96. The molecule has 2 heterocycles. The van der Waals surface area contributed by atoms with Crippen molar-refractivity contribution in [3.63, 3.8) is 0 Å². The molecule has 4 rings (SSSR count). The molecule has 0 radical (unpaired) electrons. The maximum atomic E-state index is 9.29. The van der Waals surface area contributed by atoms with Gasteiger partial charge in [0.2, 0.25) is 5.95 Å². The number of hydrogen-bond donors (Lipinski definition) is 2. The molecule has 29 heavy (non-hydrogen) atoms. The highest BCUT2D eigenvalue weighted by Gasteiger charge is 2.27. The molecule has 1 atom stereocenters. The van der Waals surface area contributed by atoms with Gasteiger partial charge in [-0.15, -0.1) is 0 Å². The highest BCUT2D eigenvalue weighted by molar-refractivity contribution is 5.64. The Morgan fingerprint density at radius 1 is 1.24 bits per heavy atom. The normalized spacial score (nSPS) is 15.2. The molecule has 7 heteroatoms. The summed E-state index contributed by atoms with van der Waals surface area (Å²) in [7, 11) is 0. The van der Waals surface area contributed by atoms with Crippen LogP contribution in [0.5, 0.6) is 0 Å². The Labute approximate surface area is 170 Å². The van der Waals surface area contributed by atoms with Gasteiger partial charge in [0.1, 0.15) is 0 Å². The number of nitrogen functional groups attached to an aromatic ring is 1. The molecular formula is C22H25N7. The summed E-state index contributed by atoms with van der Waals surface area (Å²) in [6.45, 7) is 1.99. The highest BCUT2D eigenvalue weighted by Crippen LogP contribution is 2.36. The fraction of sp³-hybridized carbons (Fsp3) is 0.364. The van der Waals surface area contributed by atoms with Crippen LogP contribution in [0.4, 0.5) is 17.3 Å². The molecule has 0 aliphatic heterocycles. The maximum Gasteiger partial charge on any atom is 0.227 e. The number of nitrogens with two attached hydrogens (primary N) is 1. The van der Waals surface area contributed by atoms with E-state index in [2.05, 4.69) is 21.5 Å². The van der Waals surface area contributed by atoms with E-state index in [-0.39, 0.29) is 6.04 Å². The molecule has 0 bridgehead atoms. The van der Waals surface area contributed by atoms with Gasteiger partial charge in [0.25, 0.3) is 0 Å². The monoisotopic (exact) mass is 387 g/mol. The third kappa shape index (κ3) is 4.21. The first-order chi connectivity index (χ1) is 14.1. The van der Waals surface area contributed by atoms with Gasteiger partial charge in [-0.05, 0) is 55.5 Å². The Morgan fingerprint density at radius 3 is 2.72 bits per heavy atom. The second kappa shape index (κ2) is 8.31. The number of nitrogens with zero attached hydrogens (tertiary/aromatic N) is 5. The number of nitrogens with one attached hydrogen (secondary N) is 1. The van der Waals surface area contributed by atoms with Crippen molar-refractivity contribution < 1.29 is 0 Å². The van der Waals surface area contributed by atoms with E-state index >= 15 is 0 Å². The predicted molar refractivity (Wildman–Crippen MR) is 113 cm³/mol. The number of aryl methyl sites for hydroxylation is 1. The molecule has 3 aromatic rings. The first-order valence-electron chi connectivity index (χ1n) is 10.0. The van der Waals surface area contributed by atoms with Crippen molar-refractivity contribution in [1.82, 2.24) is 19.7 Å². The summed E-state index contributed by atoms with van der Waals surface area (Å²) in [5.41, 5.74) is 10.1. The third-order valence-corrected chi connectivity index (χ3v) is 5.60. The molecule has 1 aliphatic carbocycles. The van der Waals surface area contributed by atoms with Crippen molar-refractivity contribution in [2.24, 2.45) is 5.92 Å². The summed E-state index contributed by atoms with van der Waals surface area (Å²) in [4.78, 5) is 9.10. The van der Waals surface area contributed by atoms with Gasteiger partial charge >= 0.3 is 0 Å². The molecule has 148 valence electrons. The molecule has 0 spiro atoms. The van der Waals surface area contributed by atoms with Gasteiger partial charge in [-0.3, -0.25) is 4.68 Å². The number of rotatable bonds is 6. The lowest BCUT2D eigenvalue weighted by Gasteiger charge is -2.21. The number of benzene rings is 1. The van der Waals surface area contributed by atoms with Crippen molar-refractivity contribution in [1.29, 1.82) is 5.26 Å². The van der Waals surface area contributed by atoms with Crippen LogP contribution in [0.3, 0.4) is 0 Å². The molecule has 0 amide bonds. The number of hydrogen-bond acceptors (Lipinski definition) is 6. The minimum absolute atomic E-state index is 0.130. The van der Waals surface area contributed by atoms with Crippen LogP contribution in [0, 0.1) is 24.2 Å². The fourth-order valence-electron chi connectivity index (χ4n) is 4.04. The Balaban J connectivity index is 1.59. The van der Waals surface area contributed by atoms with E-state index in [4.69, 9.17) is 10.7 Å². The van der Waals surface area contributed by atoms with Crippen LogP contribution in [0.1, 0.15) is 43.7 Å². The molecule has 2 aromatic heterocycles. The fourth-order valence-corrected chi connectivity index (χ4v) is 4.04. The quantitative estimate of drug-likeness (QED) is 0.598. The van der Waals surface area contributed by atoms with E-state index in [1.165, 1.54) is 25.7 Å². The van der Waals surface area contributed by atoms with Crippen LogP contribution >= 0.6 is 0 Å². The van der Waals surface area contributed by atoms with Crippen LogP contribution in [0.25, 0.3) is 11.3 Å². The summed E-state index contributed by atoms with van der Waals surface area (Å²) in [5, 5.41) is 17.1. The van der Waals surface area contributed by atoms with Gasteiger partial charge in [-0.25, -0.2) is 9.97 Å². The smallest absolute Gasteiger partial charge is 0.227 e. The Morgan fingerprint density at radius 2 is 2.00 bits per heavy atom. The van der Waals surface area contributed by atoms with Crippen molar-refractivity contribution in [2.45, 2.75) is 45.1 Å². The third-order valence-electron chi connectivity index (χ3n) is 5.60. The maximum absolute atomic E-state index is 9.29. The minimum atomic E-state index is 0.130. The molecule has 7 nitrogen and oxygen atoms in total. The lowest BCUT2D eigenvalue weighted by Crippen LogP contribution is -2.17. The molecule has 1 fully saturated rings. The molecule has 0 saturated heterocycles. The largest absolute Gasteiger partial charge is 0.399 e. The highest BCUT2D eigenvalue weighted by atomic mass is 15.3. The average Bonchev–Trinajstić information content (AvgIpc) is 3.42. The van der Waals surface area contributed by atoms with E-state index in [1.54, 1.807) is 0 Å². The van der Waals surface area contributed by atoms with Crippen LogP contribution in [-0.2, 0) is 0 Å². The van der Waals surface area contributed by atoms with Gasteiger partial charge in [0.05, 0.1) is 30.4 Å². The zero-order valence-electron chi connectivity index (χ0n) is 16.5. The number of aromatic nitrogens is 4. The van der Waals surface area contributed by atoms with Gasteiger partial charge in [-0.1, -0.05) is 12.8 Å². The van der Waals surface area contributed by atoms with Crippen molar-refractivity contribution in [3.8, 4) is 17.3 Å². The lowest BCUT2D eigenvalue weighted by atomic mass is 9.96. The summed E-state index contributed by atoms with van der Waals surface area (Å²) >= 11 is 0. The van der Waals surface area contributed by atoms with E-state index in [0.29, 0.717) is 24.0 Å². The molecule has 1 saturated carbocycles. The van der Waals surface area contributed by atoms with Crippen molar-refractivity contribution in [3.05, 3.63) is 48.4 Å². The van der Waals surface area contributed by atoms with Crippen molar-refractivity contribution >= 4 is 17.3 Å². The zero-order valence-corrected chi connectivity index (χ0v) is 16.5. The number of nitriles is 1. The SMILES string of the molecule is Cc1cnc(Nc2ccc(N)cc2)nc1-c1cnn(C(CC#N)C2CCCC2)c1. The topological polar surface area (TPSA) is 105 Å². The Hall–Kier alpha value is -3.40. The first kappa shape index (κ1) is 18.9. The van der Waals surface area contributed by atoms with Gasteiger partial charge in [0.15, 0.2) is 0 Å². The van der Waals surface area contributed by atoms with E-state index < -0.39 is 0 Å². The Bertz CT molecular complexity index is 1010. The van der Waals surface area contributed by atoms with Gasteiger partial charge in [-0.2, -0.15) is 10.4 Å². The molecule has 1 aromatic carbocycles.